The van der Waals surface area contributed by atoms with Gasteiger partial charge in [0, 0.05) is 18.7 Å². The van der Waals surface area contributed by atoms with Gasteiger partial charge < -0.3 is 4.90 Å². The van der Waals surface area contributed by atoms with Gasteiger partial charge in [0.15, 0.2) is 0 Å². The Morgan fingerprint density at radius 3 is 2.04 bits per heavy atom. The van der Waals surface area contributed by atoms with Crippen molar-refractivity contribution in [1.82, 2.24) is 0 Å². The molecule has 2 aliphatic heterocycles. The number of benzene rings is 2. The number of nitrogens with zero attached hydrogens (tertiary/aromatic N) is 2. The van der Waals surface area contributed by atoms with Gasteiger partial charge in [-0.3, -0.25) is 14.4 Å². The van der Waals surface area contributed by atoms with E-state index in [-0.39, 0.29) is 17.7 Å². The average Bonchev–Trinajstić information content (AvgIpc) is 3.11. The van der Waals surface area contributed by atoms with Gasteiger partial charge in [0.2, 0.25) is 5.91 Å². The fourth-order valence-electron chi connectivity index (χ4n) is 3.14. The van der Waals surface area contributed by atoms with E-state index in [1.54, 1.807) is 47.4 Å². The Bertz CT molecular complexity index is 809. The summed E-state index contributed by atoms with van der Waals surface area (Å²) in [4.78, 5) is 39.8. The van der Waals surface area contributed by atoms with E-state index in [9.17, 15) is 14.4 Å². The highest BCUT2D eigenvalue weighted by Crippen LogP contribution is 2.31. The Kier molecular flexibility index (Phi) is 3.01. The summed E-state index contributed by atoms with van der Waals surface area (Å²) in [5.41, 5.74) is 2.05. The first-order chi connectivity index (χ1) is 11.2. The van der Waals surface area contributed by atoms with Gasteiger partial charge >= 0.3 is 0 Å². The zero-order valence-corrected chi connectivity index (χ0v) is 12.4. The molecule has 5 nitrogen and oxygen atoms in total. The van der Waals surface area contributed by atoms with Gasteiger partial charge in [0.05, 0.1) is 16.8 Å². The van der Waals surface area contributed by atoms with E-state index >= 15 is 0 Å². The summed E-state index contributed by atoms with van der Waals surface area (Å²) in [6.07, 6.45) is 1.37. The lowest BCUT2D eigenvalue weighted by Gasteiger charge is -2.19. The van der Waals surface area contributed by atoms with E-state index in [1.165, 1.54) is 4.90 Å². The third-order valence-electron chi connectivity index (χ3n) is 4.27. The van der Waals surface area contributed by atoms with Gasteiger partial charge in [-0.05, 0) is 36.8 Å². The molecule has 5 heteroatoms. The van der Waals surface area contributed by atoms with Crippen LogP contribution in [0.15, 0.2) is 48.5 Å². The standard InChI is InChI=1S/C18H14N2O3/c21-16-9-4-10-19(16)12-5-3-6-13(11-12)20-17(22)14-7-1-2-8-15(14)18(20)23/h1-3,5-8,11H,4,9-10H2. The molecule has 2 aromatic carbocycles. The Labute approximate surface area is 133 Å². The number of fused-ring (bicyclic) bond motifs is 1. The van der Waals surface area contributed by atoms with Crippen molar-refractivity contribution in [1.29, 1.82) is 0 Å². The molecule has 0 spiro atoms. The average molecular weight is 306 g/mol. The number of anilines is 2. The lowest BCUT2D eigenvalue weighted by molar-refractivity contribution is -0.117. The lowest BCUT2D eigenvalue weighted by Crippen LogP contribution is -2.30. The second-order valence-electron chi connectivity index (χ2n) is 5.66. The van der Waals surface area contributed by atoms with E-state index in [0.717, 1.165) is 12.1 Å². The number of hydrogen-bond acceptors (Lipinski definition) is 3. The molecule has 0 radical (unpaired) electrons. The van der Waals surface area contributed by atoms with E-state index in [2.05, 4.69) is 0 Å². The minimum absolute atomic E-state index is 0.0736. The second-order valence-corrected chi connectivity index (χ2v) is 5.66. The van der Waals surface area contributed by atoms with Crippen LogP contribution in [0.5, 0.6) is 0 Å². The number of carbonyl (C=O) groups is 3. The summed E-state index contributed by atoms with van der Waals surface area (Å²) in [6, 6.07) is 13.8. The molecular formula is C18H14N2O3. The summed E-state index contributed by atoms with van der Waals surface area (Å²) in [5, 5.41) is 0. The predicted molar refractivity (Wildman–Crippen MR) is 85.6 cm³/mol. The van der Waals surface area contributed by atoms with Crippen molar-refractivity contribution in [3.63, 3.8) is 0 Å². The Morgan fingerprint density at radius 2 is 1.43 bits per heavy atom. The fraction of sp³-hybridized carbons (Fsp3) is 0.167. The van der Waals surface area contributed by atoms with Crippen LogP contribution in [0.25, 0.3) is 0 Å². The number of amides is 3. The molecule has 0 unspecified atom stereocenters. The van der Waals surface area contributed by atoms with Crippen LogP contribution < -0.4 is 9.80 Å². The zero-order chi connectivity index (χ0) is 16.0. The van der Waals surface area contributed by atoms with Crippen molar-refractivity contribution in [2.24, 2.45) is 0 Å². The van der Waals surface area contributed by atoms with Crippen LogP contribution in [0.2, 0.25) is 0 Å². The van der Waals surface area contributed by atoms with Crippen molar-refractivity contribution >= 4 is 29.1 Å². The van der Waals surface area contributed by atoms with Crippen LogP contribution >= 0.6 is 0 Å². The normalized spacial score (nSPS) is 17.1. The maximum absolute atomic E-state index is 12.5. The quantitative estimate of drug-likeness (QED) is 0.801. The van der Waals surface area contributed by atoms with Crippen LogP contribution in [-0.2, 0) is 4.79 Å². The monoisotopic (exact) mass is 306 g/mol. The highest BCUT2D eigenvalue weighted by Gasteiger charge is 2.36. The van der Waals surface area contributed by atoms with Gasteiger partial charge in [0.25, 0.3) is 11.8 Å². The van der Waals surface area contributed by atoms with Gasteiger partial charge in [-0.1, -0.05) is 18.2 Å². The second kappa shape index (κ2) is 5.05. The van der Waals surface area contributed by atoms with Crippen molar-refractivity contribution in [2.75, 3.05) is 16.3 Å². The van der Waals surface area contributed by atoms with E-state index < -0.39 is 0 Å². The minimum atomic E-state index is -0.324. The summed E-state index contributed by atoms with van der Waals surface area (Å²) < 4.78 is 0. The number of imide groups is 1. The minimum Gasteiger partial charge on any atom is -0.312 e. The van der Waals surface area contributed by atoms with Crippen molar-refractivity contribution in [3.05, 3.63) is 59.7 Å². The molecule has 4 rings (SSSR count). The molecule has 2 aromatic rings. The highest BCUT2D eigenvalue weighted by molar-refractivity contribution is 6.34. The molecule has 0 saturated carbocycles. The summed E-state index contributed by atoms with van der Waals surface area (Å²) >= 11 is 0. The zero-order valence-electron chi connectivity index (χ0n) is 12.4. The van der Waals surface area contributed by atoms with Gasteiger partial charge in [0.1, 0.15) is 0 Å². The lowest BCUT2D eigenvalue weighted by atomic mass is 10.1. The van der Waals surface area contributed by atoms with Gasteiger partial charge in [-0.25, -0.2) is 4.90 Å². The van der Waals surface area contributed by atoms with Crippen molar-refractivity contribution in [2.45, 2.75) is 12.8 Å². The van der Waals surface area contributed by atoms with E-state index in [4.69, 9.17) is 0 Å². The number of rotatable bonds is 2. The molecule has 2 aliphatic rings. The maximum Gasteiger partial charge on any atom is 0.266 e. The fourth-order valence-corrected chi connectivity index (χ4v) is 3.14. The molecule has 2 heterocycles. The van der Waals surface area contributed by atoms with E-state index in [1.807, 2.05) is 6.07 Å². The van der Waals surface area contributed by atoms with Crippen LogP contribution in [0.4, 0.5) is 11.4 Å². The first kappa shape index (κ1) is 13.7. The molecule has 3 amide bonds. The SMILES string of the molecule is O=C1CCCN1c1cccc(N2C(=O)c3ccccc3C2=O)c1. The Hall–Kier alpha value is -2.95. The van der Waals surface area contributed by atoms with Gasteiger partial charge in [-0.15, -0.1) is 0 Å². The highest BCUT2D eigenvalue weighted by atomic mass is 16.2. The Morgan fingerprint density at radius 1 is 0.783 bits per heavy atom. The molecule has 0 aromatic heterocycles. The first-order valence-electron chi connectivity index (χ1n) is 7.55. The van der Waals surface area contributed by atoms with Crippen LogP contribution in [0.1, 0.15) is 33.6 Å². The van der Waals surface area contributed by atoms with Crippen LogP contribution in [0.3, 0.4) is 0 Å². The summed E-state index contributed by atoms with van der Waals surface area (Å²) in [5.74, 6) is -0.574. The van der Waals surface area contributed by atoms with E-state index in [0.29, 0.717) is 29.8 Å². The molecule has 1 fully saturated rings. The molecule has 1 saturated heterocycles. The molecule has 23 heavy (non-hydrogen) atoms. The molecule has 0 aliphatic carbocycles. The smallest absolute Gasteiger partial charge is 0.266 e. The number of carbonyl (C=O) groups excluding carboxylic acids is 3. The summed E-state index contributed by atoms with van der Waals surface area (Å²) in [6.45, 7) is 0.671. The largest absolute Gasteiger partial charge is 0.312 e. The van der Waals surface area contributed by atoms with Crippen LogP contribution in [-0.4, -0.2) is 24.3 Å². The van der Waals surface area contributed by atoms with Crippen molar-refractivity contribution < 1.29 is 14.4 Å². The molecule has 0 atom stereocenters. The predicted octanol–water partition coefficient (Wildman–Crippen LogP) is 2.61. The third-order valence-corrected chi connectivity index (χ3v) is 4.27. The summed E-state index contributed by atoms with van der Waals surface area (Å²) in [7, 11) is 0. The molecule has 0 bridgehead atoms. The molecular weight excluding hydrogens is 292 g/mol. The number of hydrogen-bond donors (Lipinski definition) is 0. The third kappa shape index (κ3) is 2.04. The molecule has 0 N–H and O–H groups in total. The van der Waals surface area contributed by atoms with Crippen LogP contribution in [0, 0.1) is 0 Å². The van der Waals surface area contributed by atoms with Gasteiger partial charge in [-0.2, -0.15) is 0 Å². The van der Waals surface area contributed by atoms with Crippen molar-refractivity contribution in [3.8, 4) is 0 Å². The maximum atomic E-state index is 12.5. The molecule has 114 valence electrons. The first-order valence-corrected chi connectivity index (χ1v) is 7.55. The Balaban J connectivity index is 1.74. The topological polar surface area (TPSA) is 57.7 Å².